The van der Waals surface area contributed by atoms with E-state index in [1.807, 2.05) is 18.2 Å². The van der Waals surface area contributed by atoms with E-state index < -0.39 is 0 Å². The van der Waals surface area contributed by atoms with Gasteiger partial charge in [-0.3, -0.25) is 4.79 Å². The van der Waals surface area contributed by atoms with E-state index in [1.165, 1.54) is 0 Å². The van der Waals surface area contributed by atoms with E-state index in [0.717, 1.165) is 5.56 Å². The second-order valence-corrected chi connectivity index (χ2v) is 4.81. The molecule has 5 heteroatoms. The van der Waals surface area contributed by atoms with Crippen molar-refractivity contribution in [2.24, 2.45) is 0 Å². The van der Waals surface area contributed by atoms with Crippen molar-refractivity contribution in [3.8, 4) is 11.5 Å². The molecule has 0 unspecified atom stereocenters. The van der Waals surface area contributed by atoms with Crippen molar-refractivity contribution in [1.29, 1.82) is 0 Å². The van der Waals surface area contributed by atoms with E-state index >= 15 is 0 Å². The maximum absolute atomic E-state index is 11.7. The number of rotatable bonds is 6. The molecule has 110 valence electrons. The van der Waals surface area contributed by atoms with Gasteiger partial charge in [0.25, 0.3) is 5.91 Å². The fourth-order valence-corrected chi connectivity index (χ4v) is 1.82. The first-order valence-corrected chi connectivity index (χ1v) is 6.83. The van der Waals surface area contributed by atoms with Gasteiger partial charge in [-0.15, -0.1) is 0 Å². The molecule has 0 aliphatic rings. The van der Waals surface area contributed by atoms with Crippen LogP contribution >= 0.6 is 11.6 Å². The van der Waals surface area contributed by atoms with E-state index in [9.17, 15) is 4.79 Å². The van der Waals surface area contributed by atoms with Crippen molar-refractivity contribution >= 4 is 17.5 Å². The van der Waals surface area contributed by atoms with Crippen LogP contribution in [0.5, 0.6) is 11.5 Å². The number of halogens is 1. The Morgan fingerprint density at radius 1 is 1.14 bits per heavy atom. The summed E-state index contributed by atoms with van der Waals surface area (Å²) in [6, 6.07) is 14.4. The van der Waals surface area contributed by atoms with Gasteiger partial charge in [0.05, 0.1) is 7.11 Å². The van der Waals surface area contributed by atoms with Crippen LogP contribution in [0.1, 0.15) is 5.56 Å². The molecule has 0 bridgehead atoms. The zero-order valence-corrected chi connectivity index (χ0v) is 12.4. The van der Waals surface area contributed by atoms with Gasteiger partial charge < -0.3 is 14.8 Å². The molecule has 1 amide bonds. The van der Waals surface area contributed by atoms with Gasteiger partial charge in [0.15, 0.2) is 6.61 Å². The van der Waals surface area contributed by atoms with Crippen molar-refractivity contribution in [2.75, 3.05) is 13.7 Å². The lowest BCUT2D eigenvalue weighted by Crippen LogP contribution is -2.28. The zero-order chi connectivity index (χ0) is 15.1. The monoisotopic (exact) mass is 305 g/mol. The van der Waals surface area contributed by atoms with Crippen LogP contribution in [-0.2, 0) is 11.3 Å². The van der Waals surface area contributed by atoms with Crippen molar-refractivity contribution in [3.05, 3.63) is 59.1 Å². The Balaban J connectivity index is 1.78. The number of nitrogens with one attached hydrogen (secondary N) is 1. The SMILES string of the molecule is COc1cccc(OCC(=O)NCc2ccc(Cl)cc2)c1. The fourth-order valence-electron chi connectivity index (χ4n) is 1.69. The summed E-state index contributed by atoms with van der Waals surface area (Å²) in [5.74, 6) is 1.10. The number of ether oxygens (including phenoxy) is 2. The highest BCUT2D eigenvalue weighted by Gasteiger charge is 2.03. The molecule has 0 aliphatic heterocycles. The van der Waals surface area contributed by atoms with Gasteiger partial charge in [-0.05, 0) is 29.8 Å². The van der Waals surface area contributed by atoms with Gasteiger partial charge in [-0.2, -0.15) is 0 Å². The molecule has 0 radical (unpaired) electrons. The molecule has 0 saturated carbocycles. The summed E-state index contributed by atoms with van der Waals surface area (Å²) in [6.45, 7) is 0.401. The molecule has 0 atom stereocenters. The summed E-state index contributed by atoms with van der Waals surface area (Å²) in [7, 11) is 1.58. The number of hydrogen-bond acceptors (Lipinski definition) is 3. The number of carbonyl (C=O) groups is 1. The largest absolute Gasteiger partial charge is 0.497 e. The molecule has 0 aromatic heterocycles. The maximum atomic E-state index is 11.7. The van der Waals surface area contributed by atoms with E-state index in [-0.39, 0.29) is 12.5 Å². The lowest BCUT2D eigenvalue weighted by Gasteiger charge is -2.08. The number of methoxy groups -OCH3 is 1. The lowest BCUT2D eigenvalue weighted by atomic mass is 10.2. The summed E-state index contributed by atoms with van der Waals surface area (Å²) in [5.41, 5.74) is 0.981. The Bertz CT molecular complexity index is 599. The molecule has 0 aliphatic carbocycles. The summed E-state index contributed by atoms with van der Waals surface area (Å²) in [5, 5.41) is 3.45. The highest BCUT2D eigenvalue weighted by atomic mass is 35.5. The van der Waals surface area contributed by atoms with E-state index in [4.69, 9.17) is 21.1 Å². The Labute approximate surface area is 128 Å². The fraction of sp³-hybridized carbons (Fsp3) is 0.188. The molecule has 0 spiro atoms. The standard InChI is InChI=1S/C16H16ClNO3/c1-20-14-3-2-4-15(9-14)21-11-16(19)18-10-12-5-7-13(17)8-6-12/h2-9H,10-11H2,1H3,(H,18,19). The molecule has 4 nitrogen and oxygen atoms in total. The summed E-state index contributed by atoms with van der Waals surface area (Å²) >= 11 is 5.80. The van der Waals surface area contributed by atoms with E-state index in [2.05, 4.69) is 5.32 Å². The molecule has 21 heavy (non-hydrogen) atoms. The first-order chi connectivity index (χ1) is 10.2. The normalized spacial score (nSPS) is 10.0. The van der Waals surface area contributed by atoms with Gasteiger partial charge in [0, 0.05) is 17.6 Å². The average molecular weight is 306 g/mol. The van der Waals surface area contributed by atoms with Crippen LogP contribution < -0.4 is 14.8 Å². The van der Waals surface area contributed by atoms with Gasteiger partial charge in [-0.1, -0.05) is 29.8 Å². The Morgan fingerprint density at radius 2 is 1.86 bits per heavy atom. The molecule has 2 aromatic carbocycles. The van der Waals surface area contributed by atoms with Crippen molar-refractivity contribution in [3.63, 3.8) is 0 Å². The van der Waals surface area contributed by atoms with Crippen LogP contribution in [0.2, 0.25) is 5.02 Å². The van der Waals surface area contributed by atoms with Gasteiger partial charge in [-0.25, -0.2) is 0 Å². The minimum absolute atomic E-state index is 0.0409. The van der Waals surface area contributed by atoms with Crippen molar-refractivity contribution < 1.29 is 14.3 Å². The number of carbonyl (C=O) groups excluding carboxylic acids is 1. The first-order valence-electron chi connectivity index (χ1n) is 6.45. The predicted octanol–water partition coefficient (Wildman–Crippen LogP) is 3.04. The number of hydrogen-bond donors (Lipinski definition) is 1. The summed E-state index contributed by atoms with van der Waals surface area (Å²) in [4.78, 5) is 11.7. The van der Waals surface area contributed by atoms with Gasteiger partial charge in [0.2, 0.25) is 0 Å². The van der Waals surface area contributed by atoms with Crippen LogP contribution in [0.15, 0.2) is 48.5 Å². The molecule has 0 fully saturated rings. The number of benzene rings is 2. The van der Waals surface area contributed by atoms with Gasteiger partial charge >= 0.3 is 0 Å². The highest BCUT2D eigenvalue weighted by Crippen LogP contribution is 2.18. The molecule has 2 aromatic rings. The minimum Gasteiger partial charge on any atom is -0.497 e. The van der Waals surface area contributed by atoms with Crippen molar-refractivity contribution in [1.82, 2.24) is 5.32 Å². The van der Waals surface area contributed by atoms with E-state index in [0.29, 0.717) is 23.1 Å². The third kappa shape index (κ3) is 5.00. The Morgan fingerprint density at radius 3 is 2.57 bits per heavy atom. The van der Waals surface area contributed by atoms with Crippen molar-refractivity contribution in [2.45, 2.75) is 6.54 Å². The second-order valence-electron chi connectivity index (χ2n) is 4.37. The van der Waals surface area contributed by atoms with Crippen LogP contribution in [0.25, 0.3) is 0 Å². The average Bonchev–Trinajstić information content (AvgIpc) is 2.52. The topological polar surface area (TPSA) is 47.6 Å². The zero-order valence-electron chi connectivity index (χ0n) is 11.6. The van der Waals surface area contributed by atoms with E-state index in [1.54, 1.807) is 37.4 Å². The van der Waals surface area contributed by atoms with Crippen LogP contribution in [0.3, 0.4) is 0 Å². The molecule has 1 N–H and O–H groups in total. The Hall–Kier alpha value is -2.20. The number of amides is 1. The third-order valence-corrected chi connectivity index (χ3v) is 3.07. The summed E-state index contributed by atoms with van der Waals surface area (Å²) in [6.07, 6.45) is 0. The van der Waals surface area contributed by atoms with Crippen LogP contribution in [-0.4, -0.2) is 19.6 Å². The molecule has 2 rings (SSSR count). The molecular weight excluding hydrogens is 290 g/mol. The minimum atomic E-state index is -0.187. The first kappa shape index (κ1) is 15.2. The molecular formula is C16H16ClNO3. The van der Waals surface area contributed by atoms with Crippen LogP contribution in [0, 0.1) is 0 Å². The second kappa shape index (κ2) is 7.55. The van der Waals surface area contributed by atoms with Gasteiger partial charge in [0.1, 0.15) is 11.5 Å². The quantitative estimate of drug-likeness (QED) is 0.892. The lowest BCUT2D eigenvalue weighted by molar-refractivity contribution is -0.123. The molecule has 0 heterocycles. The predicted molar refractivity (Wildman–Crippen MR) is 81.8 cm³/mol. The maximum Gasteiger partial charge on any atom is 0.258 e. The Kier molecular flexibility index (Phi) is 5.46. The summed E-state index contributed by atoms with van der Waals surface area (Å²) < 4.78 is 10.5. The van der Waals surface area contributed by atoms with Crippen LogP contribution in [0.4, 0.5) is 0 Å². The molecule has 0 saturated heterocycles. The highest BCUT2D eigenvalue weighted by molar-refractivity contribution is 6.30. The third-order valence-electron chi connectivity index (χ3n) is 2.81. The smallest absolute Gasteiger partial charge is 0.258 e.